The summed E-state index contributed by atoms with van der Waals surface area (Å²) in [5.74, 6) is -0.541. The first-order valence-electron chi connectivity index (χ1n) is 10.5. The number of nitrogens with zero attached hydrogens (tertiary/aromatic N) is 1. The average Bonchev–Trinajstić information content (AvgIpc) is 3.19. The van der Waals surface area contributed by atoms with Crippen molar-refractivity contribution in [3.8, 4) is 0 Å². The lowest BCUT2D eigenvalue weighted by atomic mass is 9.88. The molecule has 1 aliphatic rings. The molecule has 0 aliphatic carbocycles. The summed E-state index contributed by atoms with van der Waals surface area (Å²) in [4.78, 5) is 13.2. The number of amides is 1. The minimum atomic E-state index is -4.03. The van der Waals surface area contributed by atoms with E-state index in [1.54, 1.807) is 18.2 Å². The quantitative estimate of drug-likeness (QED) is 0.345. The van der Waals surface area contributed by atoms with Crippen LogP contribution in [-0.4, -0.2) is 24.7 Å². The molecule has 4 aromatic carbocycles. The topological polar surface area (TPSA) is 75.6 Å². The smallest absolute Gasteiger partial charge is 0.285 e. The Bertz CT molecular complexity index is 1500. The van der Waals surface area contributed by atoms with E-state index in [1.807, 2.05) is 72.8 Å². The first kappa shape index (κ1) is 22.8. The normalized spacial score (nSPS) is 18.2. The molecule has 0 spiro atoms. The fraction of sp³-hybridized carbons (Fsp3) is 0.0769. The number of carbonyl (C=O) groups is 1. The van der Waals surface area contributed by atoms with Crippen LogP contribution in [0.2, 0.25) is 0 Å². The molecule has 8 heteroatoms. The standard InChI is InChI=1S/C26H19BrN2O3S2/c27-20-15-13-19(14-16-20)23(18-8-2-1-3-9-18)24-25(30)28-26(33-24)29-34(31,32)22-12-6-10-17-7-4-5-11-21(17)22/h1-16,23-24H,(H,28,29,30). The molecule has 0 saturated carbocycles. The van der Waals surface area contributed by atoms with E-state index in [2.05, 4.69) is 25.6 Å². The van der Waals surface area contributed by atoms with Crippen molar-refractivity contribution in [1.29, 1.82) is 0 Å². The van der Waals surface area contributed by atoms with E-state index in [4.69, 9.17) is 0 Å². The minimum Gasteiger partial charge on any atom is -0.303 e. The molecule has 1 aliphatic heterocycles. The minimum absolute atomic E-state index is 0.0842. The van der Waals surface area contributed by atoms with Crippen molar-refractivity contribution in [2.45, 2.75) is 16.1 Å². The van der Waals surface area contributed by atoms with E-state index >= 15 is 0 Å². The third kappa shape index (κ3) is 4.53. The molecule has 0 radical (unpaired) electrons. The number of benzene rings is 4. The number of hydrogen-bond donors (Lipinski definition) is 1. The van der Waals surface area contributed by atoms with E-state index in [0.717, 1.165) is 32.7 Å². The highest BCUT2D eigenvalue weighted by Gasteiger charge is 2.39. The molecular weight excluding hydrogens is 532 g/mol. The molecule has 0 aromatic heterocycles. The van der Waals surface area contributed by atoms with Crippen LogP contribution < -0.4 is 5.32 Å². The van der Waals surface area contributed by atoms with Crippen molar-refractivity contribution in [3.05, 3.63) is 113 Å². The second-order valence-electron chi connectivity index (χ2n) is 7.82. The summed E-state index contributed by atoms with van der Waals surface area (Å²) < 4.78 is 31.4. The molecule has 2 atom stereocenters. The molecule has 34 heavy (non-hydrogen) atoms. The monoisotopic (exact) mass is 550 g/mol. The van der Waals surface area contributed by atoms with Gasteiger partial charge in [0.1, 0.15) is 5.25 Å². The molecule has 5 nitrogen and oxygen atoms in total. The van der Waals surface area contributed by atoms with Crippen LogP contribution in [0.15, 0.2) is 111 Å². The van der Waals surface area contributed by atoms with Gasteiger partial charge in [-0.25, -0.2) is 0 Å². The third-order valence-electron chi connectivity index (χ3n) is 5.65. The van der Waals surface area contributed by atoms with Crippen LogP contribution in [0.25, 0.3) is 10.8 Å². The van der Waals surface area contributed by atoms with Gasteiger partial charge in [0.15, 0.2) is 5.17 Å². The summed E-state index contributed by atoms with van der Waals surface area (Å²) in [5, 5.41) is 3.62. The zero-order chi connectivity index (χ0) is 23.7. The fourth-order valence-corrected chi connectivity index (χ4v) is 6.92. The lowest BCUT2D eigenvalue weighted by Gasteiger charge is -2.22. The predicted octanol–water partition coefficient (Wildman–Crippen LogP) is 5.71. The Kier molecular flexibility index (Phi) is 6.29. The number of rotatable bonds is 5. The molecular formula is C26H19BrN2O3S2. The van der Waals surface area contributed by atoms with Gasteiger partial charge in [-0.15, -0.1) is 4.40 Å². The van der Waals surface area contributed by atoms with Crippen LogP contribution in [0.3, 0.4) is 0 Å². The Morgan fingerprint density at radius 3 is 2.24 bits per heavy atom. The number of fused-ring (bicyclic) bond motifs is 1. The fourth-order valence-electron chi connectivity index (χ4n) is 4.10. The Labute approximate surface area is 210 Å². The average molecular weight is 551 g/mol. The molecule has 5 rings (SSSR count). The molecule has 1 heterocycles. The van der Waals surface area contributed by atoms with Gasteiger partial charge in [0, 0.05) is 15.8 Å². The van der Waals surface area contributed by atoms with Gasteiger partial charge in [-0.1, -0.05) is 107 Å². The third-order valence-corrected chi connectivity index (χ3v) is 8.78. The van der Waals surface area contributed by atoms with Crippen LogP contribution in [0.5, 0.6) is 0 Å². The molecule has 1 N–H and O–H groups in total. The predicted molar refractivity (Wildman–Crippen MR) is 141 cm³/mol. The van der Waals surface area contributed by atoms with Crippen LogP contribution in [0.1, 0.15) is 17.0 Å². The van der Waals surface area contributed by atoms with Crippen LogP contribution in [0.4, 0.5) is 0 Å². The molecule has 2 unspecified atom stereocenters. The largest absolute Gasteiger partial charge is 0.303 e. The number of sulfonamides is 1. The maximum absolute atomic E-state index is 13.2. The summed E-state index contributed by atoms with van der Waals surface area (Å²) >= 11 is 4.60. The van der Waals surface area contributed by atoms with E-state index in [9.17, 15) is 13.2 Å². The lowest BCUT2D eigenvalue weighted by molar-refractivity contribution is -0.119. The Balaban J connectivity index is 1.52. The Morgan fingerprint density at radius 1 is 0.824 bits per heavy atom. The lowest BCUT2D eigenvalue weighted by Crippen LogP contribution is -2.29. The summed E-state index contributed by atoms with van der Waals surface area (Å²) in [5.41, 5.74) is 1.93. The SMILES string of the molecule is O=C1NC(=NS(=O)(=O)c2cccc3ccccc23)SC1C(c1ccccc1)c1ccc(Br)cc1. The second kappa shape index (κ2) is 9.37. The first-order valence-corrected chi connectivity index (χ1v) is 13.6. The zero-order valence-electron chi connectivity index (χ0n) is 17.8. The molecule has 1 fully saturated rings. The number of halogens is 1. The summed E-state index contributed by atoms with van der Waals surface area (Å²) in [6, 6.07) is 29.9. The van der Waals surface area contributed by atoms with E-state index in [1.165, 1.54) is 6.07 Å². The van der Waals surface area contributed by atoms with Gasteiger partial charge in [0.2, 0.25) is 5.91 Å². The van der Waals surface area contributed by atoms with Crippen LogP contribution in [-0.2, 0) is 14.8 Å². The van der Waals surface area contributed by atoms with Crippen molar-refractivity contribution in [1.82, 2.24) is 5.32 Å². The Morgan fingerprint density at radius 2 is 1.47 bits per heavy atom. The molecule has 4 aromatic rings. The Hall–Kier alpha value is -2.94. The summed E-state index contributed by atoms with van der Waals surface area (Å²) in [7, 11) is -4.03. The van der Waals surface area contributed by atoms with E-state index < -0.39 is 15.3 Å². The van der Waals surface area contributed by atoms with Crippen molar-refractivity contribution in [2.24, 2.45) is 4.40 Å². The van der Waals surface area contributed by atoms with Gasteiger partial charge in [-0.3, -0.25) is 4.79 Å². The zero-order valence-corrected chi connectivity index (χ0v) is 21.0. The van der Waals surface area contributed by atoms with E-state index in [-0.39, 0.29) is 21.9 Å². The van der Waals surface area contributed by atoms with Gasteiger partial charge in [0.05, 0.1) is 4.90 Å². The van der Waals surface area contributed by atoms with Gasteiger partial charge in [-0.2, -0.15) is 8.42 Å². The van der Waals surface area contributed by atoms with Gasteiger partial charge >= 0.3 is 0 Å². The number of hydrogen-bond acceptors (Lipinski definition) is 4. The highest BCUT2D eigenvalue weighted by atomic mass is 79.9. The van der Waals surface area contributed by atoms with Crippen LogP contribution in [0, 0.1) is 0 Å². The second-order valence-corrected chi connectivity index (χ2v) is 11.4. The highest BCUT2D eigenvalue weighted by Crippen LogP contribution is 2.39. The van der Waals surface area contributed by atoms with Crippen molar-refractivity contribution in [3.63, 3.8) is 0 Å². The van der Waals surface area contributed by atoms with Crippen molar-refractivity contribution >= 4 is 59.6 Å². The van der Waals surface area contributed by atoms with Crippen molar-refractivity contribution in [2.75, 3.05) is 0 Å². The molecule has 0 bridgehead atoms. The highest BCUT2D eigenvalue weighted by molar-refractivity contribution is 9.10. The van der Waals surface area contributed by atoms with Gasteiger partial charge in [0.25, 0.3) is 10.0 Å². The first-order chi connectivity index (χ1) is 16.4. The summed E-state index contributed by atoms with van der Waals surface area (Å²) in [6.07, 6.45) is 0. The number of carbonyl (C=O) groups excluding carboxylic acids is 1. The van der Waals surface area contributed by atoms with Gasteiger partial charge < -0.3 is 5.32 Å². The number of amidine groups is 1. The molecule has 1 amide bonds. The number of thioether (sulfide) groups is 1. The molecule has 170 valence electrons. The van der Waals surface area contributed by atoms with Crippen molar-refractivity contribution < 1.29 is 13.2 Å². The summed E-state index contributed by atoms with van der Waals surface area (Å²) in [6.45, 7) is 0. The maximum atomic E-state index is 13.2. The van der Waals surface area contributed by atoms with Crippen LogP contribution >= 0.6 is 27.7 Å². The van der Waals surface area contributed by atoms with E-state index in [0.29, 0.717) is 5.39 Å². The maximum Gasteiger partial charge on any atom is 0.285 e. The number of nitrogens with one attached hydrogen (secondary N) is 1. The van der Waals surface area contributed by atoms with Gasteiger partial charge in [-0.05, 0) is 34.7 Å². The molecule has 1 saturated heterocycles.